The molecular formula is C21H26N2O5S. The number of sulfonamides is 1. The van der Waals surface area contributed by atoms with E-state index in [0.29, 0.717) is 31.9 Å². The van der Waals surface area contributed by atoms with E-state index in [1.54, 1.807) is 12.1 Å². The molecule has 7 nitrogen and oxygen atoms in total. The average Bonchev–Trinajstić information content (AvgIpc) is 2.74. The molecule has 1 aliphatic rings. The zero-order chi connectivity index (χ0) is 20.9. The Balaban J connectivity index is 1.79. The van der Waals surface area contributed by atoms with Crippen LogP contribution < -0.4 is 10.1 Å². The molecule has 1 aliphatic heterocycles. The van der Waals surface area contributed by atoms with Crippen LogP contribution in [-0.2, 0) is 32.4 Å². The largest absolute Gasteiger partial charge is 0.495 e. The van der Waals surface area contributed by atoms with Crippen molar-refractivity contribution in [3.05, 3.63) is 53.6 Å². The number of anilines is 1. The molecular weight excluding hydrogens is 392 g/mol. The third-order valence-corrected chi connectivity index (χ3v) is 6.72. The van der Waals surface area contributed by atoms with E-state index in [1.807, 2.05) is 24.3 Å². The summed E-state index contributed by atoms with van der Waals surface area (Å²) in [6, 6.07) is 12.5. The number of nitrogens with zero attached hydrogens (tertiary/aromatic N) is 1. The zero-order valence-corrected chi connectivity index (χ0v) is 17.5. The number of nitrogens with one attached hydrogen (secondary N) is 1. The minimum absolute atomic E-state index is 0.0615. The highest BCUT2D eigenvalue weighted by Crippen LogP contribution is 2.28. The fourth-order valence-electron chi connectivity index (χ4n) is 3.22. The molecule has 0 aliphatic carbocycles. The van der Waals surface area contributed by atoms with Crippen LogP contribution in [0.3, 0.4) is 0 Å². The molecule has 8 heteroatoms. The second-order valence-electron chi connectivity index (χ2n) is 6.78. The fourth-order valence-corrected chi connectivity index (χ4v) is 4.83. The maximum atomic E-state index is 13.1. The van der Waals surface area contributed by atoms with Gasteiger partial charge in [0.05, 0.1) is 26.7 Å². The fraction of sp³-hybridized carbons (Fsp3) is 0.381. The smallest absolute Gasteiger partial charge is 0.246 e. The van der Waals surface area contributed by atoms with Gasteiger partial charge in [0.2, 0.25) is 15.9 Å². The molecule has 2 aromatic rings. The van der Waals surface area contributed by atoms with Gasteiger partial charge in [0.1, 0.15) is 10.6 Å². The van der Waals surface area contributed by atoms with Gasteiger partial charge in [-0.3, -0.25) is 4.79 Å². The number of ether oxygens (including phenoxy) is 2. The van der Waals surface area contributed by atoms with E-state index >= 15 is 0 Å². The van der Waals surface area contributed by atoms with Crippen LogP contribution in [0.15, 0.2) is 47.4 Å². The molecule has 0 aromatic heterocycles. The molecule has 1 saturated heterocycles. The number of hydrogen-bond acceptors (Lipinski definition) is 5. The van der Waals surface area contributed by atoms with Gasteiger partial charge in [-0.25, -0.2) is 8.42 Å². The molecule has 1 heterocycles. The van der Waals surface area contributed by atoms with Crippen LogP contribution in [0.5, 0.6) is 5.75 Å². The van der Waals surface area contributed by atoms with Crippen LogP contribution in [-0.4, -0.2) is 52.0 Å². The van der Waals surface area contributed by atoms with Crippen LogP contribution in [0.1, 0.15) is 18.1 Å². The van der Waals surface area contributed by atoms with Crippen molar-refractivity contribution in [2.24, 2.45) is 0 Å². The minimum atomic E-state index is -3.73. The number of amides is 1. The highest BCUT2D eigenvalue weighted by molar-refractivity contribution is 7.89. The van der Waals surface area contributed by atoms with Crippen LogP contribution >= 0.6 is 0 Å². The topological polar surface area (TPSA) is 84.9 Å². The summed E-state index contributed by atoms with van der Waals surface area (Å²) in [4.78, 5) is 12.5. The molecule has 0 atom stereocenters. The Morgan fingerprint density at radius 3 is 2.59 bits per heavy atom. The van der Waals surface area contributed by atoms with Gasteiger partial charge in [-0.15, -0.1) is 0 Å². The summed E-state index contributed by atoms with van der Waals surface area (Å²) in [5.41, 5.74) is 2.46. The zero-order valence-electron chi connectivity index (χ0n) is 16.7. The second kappa shape index (κ2) is 9.39. The number of rotatable bonds is 7. The van der Waals surface area contributed by atoms with Crippen molar-refractivity contribution >= 4 is 21.6 Å². The first-order valence-corrected chi connectivity index (χ1v) is 11.0. The first-order valence-electron chi connectivity index (χ1n) is 9.57. The summed E-state index contributed by atoms with van der Waals surface area (Å²) < 4.78 is 38.0. The number of benzene rings is 2. The van der Waals surface area contributed by atoms with Crippen LogP contribution in [0.2, 0.25) is 0 Å². The minimum Gasteiger partial charge on any atom is -0.495 e. The molecule has 0 unspecified atom stereocenters. The van der Waals surface area contributed by atoms with Crippen molar-refractivity contribution < 1.29 is 22.7 Å². The van der Waals surface area contributed by atoms with Crippen molar-refractivity contribution in [2.45, 2.75) is 24.7 Å². The Labute approximate surface area is 171 Å². The molecule has 1 N–H and O–H groups in total. The molecule has 156 valence electrons. The van der Waals surface area contributed by atoms with Crippen molar-refractivity contribution in [2.75, 3.05) is 38.7 Å². The Morgan fingerprint density at radius 2 is 1.90 bits per heavy atom. The lowest BCUT2D eigenvalue weighted by Crippen LogP contribution is -2.40. The third kappa shape index (κ3) is 5.14. The van der Waals surface area contributed by atoms with E-state index in [4.69, 9.17) is 9.47 Å². The van der Waals surface area contributed by atoms with E-state index < -0.39 is 10.0 Å². The summed E-state index contributed by atoms with van der Waals surface area (Å²) in [5, 5.41) is 2.87. The average molecular weight is 419 g/mol. The molecule has 0 bridgehead atoms. The van der Waals surface area contributed by atoms with E-state index in [1.165, 1.54) is 17.5 Å². The van der Waals surface area contributed by atoms with Gasteiger partial charge >= 0.3 is 0 Å². The molecule has 3 rings (SSSR count). The monoisotopic (exact) mass is 418 g/mol. The Bertz CT molecular complexity index is 969. The Morgan fingerprint density at radius 1 is 1.14 bits per heavy atom. The lowest BCUT2D eigenvalue weighted by molar-refractivity contribution is -0.115. The number of carbonyl (C=O) groups excluding carboxylic acids is 1. The third-order valence-electron chi connectivity index (χ3n) is 4.80. The second-order valence-corrected chi connectivity index (χ2v) is 8.69. The van der Waals surface area contributed by atoms with E-state index in [9.17, 15) is 13.2 Å². The van der Waals surface area contributed by atoms with Gasteiger partial charge in [0, 0.05) is 18.8 Å². The van der Waals surface area contributed by atoms with Crippen LogP contribution in [0.25, 0.3) is 0 Å². The SMILES string of the molecule is CCc1cccc(NC(=O)Cc2ccc(OC)c(S(=O)(=O)N3CCOCC3)c2)c1. The number of aryl methyl sites for hydroxylation is 1. The van der Waals surface area contributed by atoms with Crippen LogP contribution in [0.4, 0.5) is 5.69 Å². The first kappa shape index (κ1) is 21.3. The van der Waals surface area contributed by atoms with Gasteiger partial charge < -0.3 is 14.8 Å². The molecule has 29 heavy (non-hydrogen) atoms. The molecule has 0 saturated carbocycles. The lowest BCUT2D eigenvalue weighted by Gasteiger charge is -2.26. The molecule has 0 radical (unpaired) electrons. The van der Waals surface area contributed by atoms with Crippen LogP contribution in [0, 0.1) is 0 Å². The molecule has 2 aromatic carbocycles. The molecule has 1 fully saturated rings. The Kier molecular flexibility index (Phi) is 6.89. The van der Waals surface area contributed by atoms with Gasteiger partial charge in [0.25, 0.3) is 0 Å². The number of morpholine rings is 1. The number of hydrogen-bond donors (Lipinski definition) is 1. The van der Waals surface area contributed by atoms with E-state index in [2.05, 4.69) is 12.2 Å². The van der Waals surface area contributed by atoms with Gasteiger partial charge in [-0.05, 0) is 41.8 Å². The number of methoxy groups -OCH3 is 1. The normalized spacial score (nSPS) is 15.1. The quantitative estimate of drug-likeness (QED) is 0.747. The van der Waals surface area contributed by atoms with E-state index in [-0.39, 0.29) is 23.0 Å². The van der Waals surface area contributed by atoms with Gasteiger partial charge in [0.15, 0.2) is 0 Å². The standard InChI is InChI=1S/C21H26N2O5S/c1-3-16-5-4-6-18(13-16)22-21(24)15-17-7-8-19(27-2)20(14-17)29(25,26)23-9-11-28-12-10-23/h4-8,13-14H,3,9-12,15H2,1-2H3,(H,22,24). The first-order chi connectivity index (χ1) is 13.9. The Hall–Kier alpha value is -2.42. The highest BCUT2D eigenvalue weighted by atomic mass is 32.2. The number of carbonyl (C=O) groups is 1. The lowest BCUT2D eigenvalue weighted by atomic mass is 10.1. The summed E-state index contributed by atoms with van der Waals surface area (Å²) in [6.07, 6.45) is 0.941. The summed E-state index contributed by atoms with van der Waals surface area (Å²) in [7, 11) is -2.30. The van der Waals surface area contributed by atoms with Crippen molar-refractivity contribution in [1.82, 2.24) is 4.31 Å². The van der Waals surface area contributed by atoms with Gasteiger partial charge in [-0.2, -0.15) is 4.31 Å². The van der Waals surface area contributed by atoms with Gasteiger partial charge in [-0.1, -0.05) is 25.1 Å². The summed E-state index contributed by atoms with van der Waals surface area (Å²) >= 11 is 0. The predicted molar refractivity (Wildman–Crippen MR) is 111 cm³/mol. The highest BCUT2D eigenvalue weighted by Gasteiger charge is 2.29. The van der Waals surface area contributed by atoms with Crippen molar-refractivity contribution in [1.29, 1.82) is 0 Å². The van der Waals surface area contributed by atoms with Crippen molar-refractivity contribution in [3.8, 4) is 5.75 Å². The molecule has 1 amide bonds. The van der Waals surface area contributed by atoms with E-state index in [0.717, 1.165) is 17.7 Å². The maximum Gasteiger partial charge on any atom is 0.246 e. The summed E-state index contributed by atoms with van der Waals surface area (Å²) in [6.45, 7) is 3.36. The maximum absolute atomic E-state index is 13.1. The summed E-state index contributed by atoms with van der Waals surface area (Å²) in [5.74, 6) is 0.0504. The molecule has 0 spiro atoms. The van der Waals surface area contributed by atoms with Crippen molar-refractivity contribution in [3.63, 3.8) is 0 Å². The predicted octanol–water partition coefficient (Wildman–Crippen LogP) is 2.46.